The summed E-state index contributed by atoms with van der Waals surface area (Å²) in [5, 5.41) is 13.9. The largest absolute Gasteiger partial charge is 0.409 e. The molecule has 0 spiro atoms. The van der Waals surface area contributed by atoms with E-state index in [1.54, 1.807) is 17.5 Å². The molecule has 0 radical (unpaired) electrons. The number of hydrogen-bond donors (Lipinski definition) is 2. The predicted octanol–water partition coefficient (Wildman–Crippen LogP) is 1.41. The van der Waals surface area contributed by atoms with Gasteiger partial charge in [0.2, 0.25) is 5.91 Å². The molecule has 1 fully saturated rings. The maximum absolute atomic E-state index is 12.6. The maximum atomic E-state index is 12.6. The summed E-state index contributed by atoms with van der Waals surface area (Å²) in [7, 11) is 1.73. The van der Waals surface area contributed by atoms with Crippen LogP contribution in [0.5, 0.6) is 0 Å². The summed E-state index contributed by atoms with van der Waals surface area (Å²) in [5.74, 6) is -0.0616. The first-order valence-corrected chi connectivity index (χ1v) is 7.15. The van der Waals surface area contributed by atoms with Crippen molar-refractivity contribution in [1.29, 1.82) is 0 Å². The van der Waals surface area contributed by atoms with Crippen LogP contribution in [0.4, 0.5) is 0 Å². The number of nitrogens with zero attached hydrogens (tertiary/aromatic N) is 3. The lowest BCUT2D eigenvalue weighted by Gasteiger charge is -2.30. The van der Waals surface area contributed by atoms with Crippen LogP contribution in [0.3, 0.4) is 0 Å². The van der Waals surface area contributed by atoms with Crippen molar-refractivity contribution >= 4 is 23.1 Å². The number of thiazole rings is 1. The number of nitrogens with two attached hydrogens (primary N) is 1. The van der Waals surface area contributed by atoms with Gasteiger partial charge in [-0.3, -0.25) is 4.79 Å². The Labute approximate surface area is 115 Å². The van der Waals surface area contributed by atoms with Gasteiger partial charge in [0, 0.05) is 12.4 Å². The molecule has 1 saturated carbocycles. The van der Waals surface area contributed by atoms with Crippen molar-refractivity contribution in [3.8, 4) is 0 Å². The minimum Gasteiger partial charge on any atom is -0.409 e. The Hall–Kier alpha value is -1.63. The monoisotopic (exact) mass is 282 g/mol. The molecule has 1 heterocycles. The molecule has 104 valence electrons. The highest BCUT2D eigenvalue weighted by atomic mass is 32.1. The van der Waals surface area contributed by atoms with Crippen LogP contribution in [0.1, 0.15) is 31.4 Å². The zero-order chi connectivity index (χ0) is 13.9. The van der Waals surface area contributed by atoms with Gasteiger partial charge < -0.3 is 15.8 Å². The molecule has 2 rings (SSSR count). The van der Waals surface area contributed by atoms with E-state index in [2.05, 4.69) is 10.1 Å². The summed E-state index contributed by atoms with van der Waals surface area (Å²) in [6, 6.07) is 0. The lowest BCUT2D eigenvalue weighted by atomic mass is 9.83. The third kappa shape index (κ3) is 2.56. The van der Waals surface area contributed by atoms with E-state index in [1.165, 1.54) is 11.3 Å². The minimum absolute atomic E-state index is 0.0279. The average molecular weight is 282 g/mol. The van der Waals surface area contributed by atoms with Crippen molar-refractivity contribution < 1.29 is 10.0 Å². The molecule has 0 atom stereocenters. The Morgan fingerprint density at radius 2 is 2.32 bits per heavy atom. The molecule has 6 nitrogen and oxygen atoms in total. The summed E-state index contributed by atoms with van der Waals surface area (Å²) in [5.41, 5.74) is 7.52. The molecule has 0 aromatic carbocycles. The van der Waals surface area contributed by atoms with Gasteiger partial charge in [0.05, 0.1) is 17.7 Å². The van der Waals surface area contributed by atoms with Crippen molar-refractivity contribution in [2.24, 2.45) is 16.3 Å². The first-order chi connectivity index (χ1) is 9.10. The van der Waals surface area contributed by atoms with E-state index in [9.17, 15) is 4.79 Å². The number of carbonyl (C=O) groups is 1. The number of amides is 1. The fourth-order valence-electron chi connectivity index (χ4n) is 2.65. The van der Waals surface area contributed by atoms with E-state index in [0.29, 0.717) is 19.4 Å². The maximum Gasteiger partial charge on any atom is 0.236 e. The Bertz CT molecular complexity index is 466. The molecule has 0 aliphatic heterocycles. The van der Waals surface area contributed by atoms with E-state index >= 15 is 0 Å². The van der Waals surface area contributed by atoms with Gasteiger partial charge in [-0.15, -0.1) is 11.3 Å². The molecular weight excluding hydrogens is 264 g/mol. The average Bonchev–Trinajstić information content (AvgIpc) is 3.08. The topological polar surface area (TPSA) is 91.8 Å². The zero-order valence-electron chi connectivity index (χ0n) is 10.9. The second-order valence-corrected chi connectivity index (χ2v) is 5.63. The van der Waals surface area contributed by atoms with Crippen LogP contribution in [-0.2, 0) is 11.3 Å². The highest BCUT2D eigenvalue weighted by molar-refractivity contribution is 7.07. The van der Waals surface area contributed by atoms with Crippen molar-refractivity contribution in [3.63, 3.8) is 0 Å². The van der Waals surface area contributed by atoms with Crippen LogP contribution in [0.15, 0.2) is 16.0 Å². The molecule has 1 amide bonds. The first kappa shape index (κ1) is 13.8. The fraction of sp³-hybridized carbons (Fsp3) is 0.583. The summed E-state index contributed by atoms with van der Waals surface area (Å²) in [6.45, 7) is 0.447. The van der Waals surface area contributed by atoms with E-state index in [4.69, 9.17) is 10.9 Å². The van der Waals surface area contributed by atoms with E-state index < -0.39 is 5.41 Å². The highest BCUT2D eigenvalue weighted by Crippen LogP contribution is 2.40. The van der Waals surface area contributed by atoms with Crippen LogP contribution in [0.25, 0.3) is 0 Å². The van der Waals surface area contributed by atoms with Gasteiger partial charge in [-0.05, 0) is 12.8 Å². The zero-order valence-corrected chi connectivity index (χ0v) is 11.7. The second-order valence-electron chi connectivity index (χ2n) is 4.92. The quantitative estimate of drug-likeness (QED) is 0.378. The summed E-state index contributed by atoms with van der Waals surface area (Å²) >= 11 is 1.50. The standard InChI is InChI=1S/C12H18N4O2S/c1-16(6-9-7-19-8-14-9)11(17)12(10(13)15-18)4-2-3-5-12/h7-8,18H,2-6H2,1H3,(H2,13,15). The van der Waals surface area contributed by atoms with Gasteiger partial charge in [-0.1, -0.05) is 18.0 Å². The van der Waals surface area contributed by atoms with E-state index in [0.717, 1.165) is 18.5 Å². The lowest BCUT2D eigenvalue weighted by molar-refractivity contribution is -0.137. The molecule has 1 aromatic rings. The Morgan fingerprint density at radius 3 is 2.84 bits per heavy atom. The molecular formula is C12H18N4O2S. The van der Waals surface area contributed by atoms with Gasteiger partial charge in [0.15, 0.2) is 5.84 Å². The molecule has 0 unspecified atom stereocenters. The molecule has 1 aromatic heterocycles. The molecule has 7 heteroatoms. The van der Waals surface area contributed by atoms with E-state index in [1.807, 2.05) is 5.38 Å². The fourth-order valence-corrected chi connectivity index (χ4v) is 3.20. The van der Waals surface area contributed by atoms with Crippen molar-refractivity contribution in [2.45, 2.75) is 32.2 Å². The highest BCUT2D eigenvalue weighted by Gasteiger charge is 2.46. The SMILES string of the molecule is CN(Cc1cscn1)C(=O)C1(/C(N)=N/O)CCCC1. The van der Waals surface area contributed by atoms with Crippen LogP contribution in [0, 0.1) is 5.41 Å². The van der Waals surface area contributed by atoms with E-state index in [-0.39, 0.29) is 11.7 Å². The third-order valence-electron chi connectivity index (χ3n) is 3.69. The molecule has 0 saturated heterocycles. The number of rotatable bonds is 4. The van der Waals surface area contributed by atoms with Gasteiger partial charge in [-0.25, -0.2) is 4.98 Å². The van der Waals surface area contributed by atoms with Crippen molar-refractivity contribution in [2.75, 3.05) is 7.05 Å². The summed E-state index contributed by atoms with van der Waals surface area (Å²) < 4.78 is 0. The number of hydrogen-bond acceptors (Lipinski definition) is 5. The first-order valence-electron chi connectivity index (χ1n) is 6.21. The van der Waals surface area contributed by atoms with Crippen LogP contribution in [-0.4, -0.2) is 33.9 Å². The lowest BCUT2D eigenvalue weighted by Crippen LogP contribution is -2.48. The number of carbonyl (C=O) groups excluding carboxylic acids is 1. The van der Waals surface area contributed by atoms with Crippen LogP contribution >= 0.6 is 11.3 Å². The summed E-state index contributed by atoms with van der Waals surface area (Å²) in [4.78, 5) is 18.4. The van der Waals surface area contributed by atoms with Gasteiger partial charge >= 0.3 is 0 Å². The Balaban J connectivity index is 2.16. The number of aromatic nitrogens is 1. The predicted molar refractivity (Wildman–Crippen MR) is 72.9 cm³/mol. The van der Waals surface area contributed by atoms with Gasteiger partial charge in [-0.2, -0.15) is 0 Å². The minimum atomic E-state index is -0.834. The molecule has 1 aliphatic carbocycles. The summed E-state index contributed by atoms with van der Waals surface area (Å²) in [6.07, 6.45) is 3.13. The van der Waals surface area contributed by atoms with Gasteiger partial charge in [0.25, 0.3) is 0 Å². The second kappa shape index (κ2) is 5.56. The molecule has 1 aliphatic rings. The van der Waals surface area contributed by atoms with Crippen LogP contribution in [0.2, 0.25) is 0 Å². The third-order valence-corrected chi connectivity index (χ3v) is 4.33. The van der Waals surface area contributed by atoms with Crippen molar-refractivity contribution in [1.82, 2.24) is 9.88 Å². The number of amidine groups is 1. The van der Waals surface area contributed by atoms with Crippen LogP contribution < -0.4 is 5.73 Å². The normalized spacial score (nSPS) is 18.5. The Morgan fingerprint density at radius 1 is 1.63 bits per heavy atom. The van der Waals surface area contributed by atoms with Gasteiger partial charge in [0.1, 0.15) is 5.41 Å². The molecule has 0 bridgehead atoms. The number of oxime groups is 1. The smallest absolute Gasteiger partial charge is 0.236 e. The van der Waals surface area contributed by atoms with Crippen molar-refractivity contribution in [3.05, 3.63) is 16.6 Å². The molecule has 3 N–H and O–H groups in total. The Kier molecular flexibility index (Phi) is 4.04. The molecule has 19 heavy (non-hydrogen) atoms.